The molecule has 1 heteroatoms. The SMILES string of the molecule is CCC(C)C/C=C/CCC(C)O. The quantitative estimate of drug-likeness (QED) is 0.607. The summed E-state index contributed by atoms with van der Waals surface area (Å²) in [6, 6.07) is 0. The molecule has 0 saturated carbocycles. The maximum Gasteiger partial charge on any atom is 0.0515 e. The molecule has 2 atom stereocenters. The van der Waals surface area contributed by atoms with Gasteiger partial charge in [0.15, 0.2) is 0 Å². The largest absolute Gasteiger partial charge is 0.393 e. The third-order valence-electron chi connectivity index (χ3n) is 2.15. The predicted molar refractivity (Wildman–Crippen MR) is 54.1 cm³/mol. The molecule has 0 aromatic carbocycles. The Morgan fingerprint density at radius 3 is 2.42 bits per heavy atom. The molecule has 1 nitrogen and oxygen atoms in total. The van der Waals surface area contributed by atoms with Crippen LogP contribution in [0.5, 0.6) is 0 Å². The van der Waals surface area contributed by atoms with E-state index in [1.54, 1.807) is 0 Å². The molecule has 0 fully saturated rings. The van der Waals surface area contributed by atoms with Gasteiger partial charge in [-0.05, 0) is 32.1 Å². The Balaban J connectivity index is 3.25. The van der Waals surface area contributed by atoms with Gasteiger partial charge in [0.05, 0.1) is 6.10 Å². The number of aliphatic hydroxyl groups is 1. The minimum absolute atomic E-state index is 0.154. The van der Waals surface area contributed by atoms with Gasteiger partial charge in [-0.2, -0.15) is 0 Å². The Bertz CT molecular complexity index is 116. The average molecular weight is 170 g/mol. The van der Waals surface area contributed by atoms with Gasteiger partial charge in [0.1, 0.15) is 0 Å². The smallest absolute Gasteiger partial charge is 0.0515 e. The van der Waals surface area contributed by atoms with E-state index < -0.39 is 0 Å². The summed E-state index contributed by atoms with van der Waals surface area (Å²) in [6.07, 6.45) is 8.58. The first-order chi connectivity index (χ1) is 5.66. The molecule has 12 heavy (non-hydrogen) atoms. The van der Waals surface area contributed by atoms with Crippen molar-refractivity contribution < 1.29 is 5.11 Å². The van der Waals surface area contributed by atoms with Crippen LogP contribution in [0, 0.1) is 5.92 Å². The van der Waals surface area contributed by atoms with Gasteiger partial charge < -0.3 is 5.11 Å². The van der Waals surface area contributed by atoms with E-state index >= 15 is 0 Å². The Morgan fingerprint density at radius 2 is 1.92 bits per heavy atom. The molecule has 0 amide bonds. The van der Waals surface area contributed by atoms with Crippen LogP contribution in [0.15, 0.2) is 12.2 Å². The van der Waals surface area contributed by atoms with E-state index in [4.69, 9.17) is 5.11 Å². The summed E-state index contributed by atoms with van der Waals surface area (Å²) in [7, 11) is 0. The molecule has 72 valence electrons. The van der Waals surface area contributed by atoms with Gasteiger partial charge in [-0.3, -0.25) is 0 Å². The van der Waals surface area contributed by atoms with Crippen LogP contribution in [-0.2, 0) is 0 Å². The number of hydrogen-bond donors (Lipinski definition) is 1. The highest BCUT2D eigenvalue weighted by Crippen LogP contribution is 2.07. The third-order valence-corrected chi connectivity index (χ3v) is 2.15. The molecule has 0 radical (unpaired) electrons. The van der Waals surface area contributed by atoms with Crippen molar-refractivity contribution in [2.24, 2.45) is 5.92 Å². The number of aliphatic hydroxyl groups excluding tert-OH is 1. The van der Waals surface area contributed by atoms with Crippen LogP contribution in [-0.4, -0.2) is 11.2 Å². The average Bonchev–Trinajstić information content (AvgIpc) is 2.03. The lowest BCUT2D eigenvalue weighted by molar-refractivity contribution is 0.186. The molecule has 0 heterocycles. The summed E-state index contributed by atoms with van der Waals surface area (Å²) in [5.74, 6) is 0.799. The molecular formula is C11H22O. The highest BCUT2D eigenvalue weighted by Gasteiger charge is 1.94. The van der Waals surface area contributed by atoms with Crippen LogP contribution in [0.3, 0.4) is 0 Å². The van der Waals surface area contributed by atoms with Gasteiger partial charge in [-0.25, -0.2) is 0 Å². The van der Waals surface area contributed by atoms with E-state index in [1.807, 2.05) is 6.92 Å². The van der Waals surface area contributed by atoms with Crippen molar-refractivity contribution in [3.05, 3.63) is 12.2 Å². The molecule has 2 unspecified atom stereocenters. The Morgan fingerprint density at radius 1 is 1.25 bits per heavy atom. The molecule has 0 bridgehead atoms. The Labute approximate surface area is 76.5 Å². The number of hydrogen-bond acceptors (Lipinski definition) is 1. The fourth-order valence-corrected chi connectivity index (χ4v) is 0.950. The van der Waals surface area contributed by atoms with Gasteiger partial charge >= 0.3 is 0 Å². The fourth-order valence-electron chi connectivity index (χ4n) is 0.950. The van der Waals surface area contributed by atoms with E-state index in [0.29, 0.717) is 0 Å². The van der Waals surface area contributed by atoms with Crippen molar-refractivity contribution >= 4 is 0 Å². The van der Waals surface area contributed by atoms with E-state index in [9.17, 15) is 0 Å². The van der Waals surface area contributed by atoms with Gasteiger partial charge in [-0.15, -0.1) is 0 Å². The lowest BCUT2D eigenvalue weighted by Gasteiger charge is -2.02. The molecule has 1 N–H and O–H groups in total. The molecule has 0 aliphatic heterocycles. The van der Waals surface area contributed by atoms with Crippen LogP contribution >= 0.6 is 0 Å². The first kappa shape index (κ1) is 11.7. The van der Waals surface area contributed by atoms with Crippen LogP contribution in [0.4, 0.5) is 0 Å². The summed E-state index contributed by atoms with van der Waals surface area (Å²) in [6.45, 7) is 6.32. The van der Waals surface area contributed by atoms with Crippen LogP contribution in [0.1, 0.15) is 46.5 Å². The maximum absolute atomic E-state index is 8.97. The van der Waals surface area contributed by atoms with Crippen molar-refractivity contribution in [1.29, 1.82) is 0 Å². The van der Waals surface area contributed by atoms with Gasteiger partial charge in [0.2, 0.25) is 0 Å². The predicted octanol–water partition coefficient (Wildman–Crippen LogP) is 3.14. The second kappa shape index (κ2) is 7.35. The minimum Gasteiger partial charge on any atom is -0.393 e. The topological polar surface area (TPSA) is 20.2 Å². The molecule has 0 aliphatic carbocycles. The lowest BCUT2D eigenvalue weighted by Crippen LogP contribution is -1.97. The molecule has 0 aromatic heterocycles. The van der Waals surface area contributed by atoms with E-state index in [1.165, 1.54) is 12.8 Å². The van der Waals surface area contributed by atoms with Crippen LogP contribution in [0.2, 0.25) is 0 Å². The van der Waals surface area contributed by atoms with Crippen molar-refractivity contribution in [2.75, 3.05) is 0 Å². The molecule has 0 spiro atoms. The Hall–Kier alpha value is -0.300. The monoisotopic (exact) mass is 170 g/mol. The second-order valence-electron chi connectivity index (χ2n) is 3.65. The zero-order valence-electron chi connectivity index (χ0n) is 8.59. The van der Waals surface area contributed by atoms with Gasteiger partial charge in [0.25, 0.3) is 0 Å². The molecule has 0 rings (SSSR count). The summed E-state index contributed by atoms with van der Waals surface area (Å²) in [5.41, 5.74) is 0. The summed E-state index contributed by atoms with van der Waals surface area (Å²) in [4.78, 5) is 0. The molecule has 0 aliphatic rings. The van der Waals surface area contributed by atoms with Crippen molar-refractivity contribution in [3.63, 3.8) is 0 Å². The first-order valence-corrected chi connectivity index (χ1v) is 4.99. The summed E-state index contributed by atoms with van der Waals surface area (Å²) < 4.78 is 0. The van der Waals surface area contributed by atoms with Crippen molar-refractivity contribution in [3.8, 4) is 0 Å². The molecular weight excluding hydrogens is 148 g/mol. The maximum atomic E-state index is 8.97. The normalized spacial score (nSPS) is 16.7. The van der Waals surface area contributed by atoms with E-state index in [0.717, 1.165) is 18.8 Å². The highest BCUT2D eigenvalue weighted by atomic mass is 16.3. The van der Waals surface area contributed by atoms with Crippen molar-refractivity contribution in [2.45, 2.75) is 52.6 Å². The van der Waals surface area contributed by atoms with E-state index in [2.05, 4.69) is 26.0 Å². The fraction of sp³-hybridized carbons (Fsp3) is 0.818. The summed E-state index contributed by atoms with van der Waals surface area (Å²) in [5, 5.41) is 8.97. The van der Waals surface area contributed by atoms with Crippen LogP contribution < -0.4 is 0 Å². The van der Waals surface area contributed by atoms with Crippen LogP contribution in [0.25, 0.3) is 0 Å². The number of allylic oxidation sites excluding steroid dienone is 2. The van der Waals surface area contributed by atoms with Crippen molar-refractivity contribution in [1.82, 2.24) is 0 Å². The zero-order chi connectivity index (χ0) is 9.40. The standard InChI is InChI=1S/C11H22O/c1-4-10(2)8-6-5-7-9-11(3)12/h5-6,10-12H,4,7-9H2,1-3H3/b6-5+. The number of rotatable bonds is 6. The zero-order valence-corrected chi connectivity index (χ0v) is 8.59. The van der Waals surface area contributed by atoms with Gasteiger partial charge in [0, 0.05) is 0 Å². The van der Waals surface area contributed by atoms with Gasteiger partial charge in [-0.1, -0.05) is 32.4 Å². The first-order valence-electron chi connectivity index (χ1n) is 4.99. The molecule has 0 saturated heterocycles. The van der Waals surface area contributed by atoms with E-state index in [-0.39, 0.29) is 6.10 Å². The second-order valence-corrected chi connectivity index (χ2v) is 3.65. The minimum atomic E-state index is -0.154. The Kier molecular flexibility index (Phi) is 7.17. The molecule has 0 aromatic rings. The third kappa shape index (κ3) is 7.80. The lowest BCUT2D eigenvalue weighted by atomic mass is 10.0. The summed E-state index contributed by atoms with van der Waals surface area (Å²) >= 11 is 0. The highest BCUT2D eigenvalue weighted by molar-refractivity contribution is 4.83.